The minimum Gasteiger partial charge on any atom is -0.341 e. The van der Waals surface area contributed by atoms with E-state index in [0.717, 1.165) is 5.56 Å². The van der Waals surface area contributed by atoms with E-state index in [1.165, 1.54) is 22.7 Å². The molecule has 0 saturated heterocycles. The monoisotopic (exact) mass is 487 g/mol. The summed E-state index contributed by atoms with van der Waals surface area (Å²) in [6, 6.07) is 23.4. The van der Waals surface area contributed by atoms with Crippen molar-refractivity contribution in [3.05, 3.63) is 106 Å². The molecule has 0 unspecified atom stereocenters. The van der Waals surface area contributed by atoms with Crippen molar-refractivity contribution in [2.24, 2.45) is 0 Å². The van der Waals surface area contributed by atoms with Gasteiger partial charge >= 0.3 is 0 Å². The number of benzene rings is 3. The van der Waals surface area contributed by atoms with Crippen LogP contribution in [0.1, 0.15) is 11.1 Å². The molecule has 2 heterocycles. The molecule has 0 spiro atoms. The van der Waals surface area contributed by atoms with Crippen LogP contribution in [0.5, 0.6) is 0 Å². The Labute approximate surface area is 204 Å². The lowest BCUT2D eigenvalue weighted by molar-refractivity contribution is -0.127. The molecule has 9 heteroatoms. The Bertz CT molecular complexity index is 1580. The average Bonchev–Trinajstić information content (AvgIpc) is 3.31. The Morgan fingerprint density at radius 2 is 1.69 bits per heavy atom. The Balaban J connectivity index is 1.46. The number of halogens is 1. The Morgan fingerprint density at radius 3 is 2.49 bits per heavy atom. The highest BCUT2D eigenvalue weighted by Gasteiger charge is 2.19. The SMILES string of the molecule is CN(Cc1ccccc1F)C(=O)CSc1nnc2n(Cc3ccccc3)c(=O)c3ccccc3n12. The summed E-state index contributed by atoms with van der Waals surface area (Å²) in [6.45, 7) is 0.521. The van der Waals surface area contributed by atoms with Crippen LogP contribution < -0.4 is 5.56 Å². The molecule has 0 aliphatic rings. The van der Waals surface area contributed by atoms with Crippen molar-refractivity contribution in [3.63, 3.8) is 0 Å². The zero-order valence-corrected chi connectivity index (χ0v) is 19.8. The summed E-state index contributed by atoms with van der Waals surface area (Å²) in [7, 11) is 1.64. The van der Waals surface area contributed by atoms with Crippen LogP contribution in [0.15, 0.2) is 88.8 Å². The molecule has 3 aromatic carbocycles. The fourth-order valence-corrected chi connectivity index (χ4v) is 4.82. The maximum atomic E-state index is 14.0. The third-order valence-corrected chi connectivity index (χ3v) is 6.69. The standard InChI is InChI=1S/C26H22FN5O2S/c1-30(16-19-11-5-7-13-21(19)27)23(33)17-35-26-29-28-25-31(15-18-9-3-2-4-10-18)24(34)20-12-6-8-14-22(20)32(25)26/h2-14H,15-17H2,1H3. The highest BCUT2D eigenvalue weighted by atomic mass is 32.2. The highest BCUT2D eigenvalue weighted by molar-refractivity contribution is 7.99. The van der Waals surface area contributed by atoms with Crippen LogP contribution in [-0.2, 0) is 17.9 Å². The number of carbonyl (C=O) groups excluding carboxylic acids is 1. The first-order valence-electron chi connectivity index (χ1n) is 11.0. The molecule has 0 aliphatic carbocycles. The molecule has 0 radical (unpaired) electrons. The molecule has 2 aromatic heterocycles. The number of amides is 1. The van der Waals surface area contributed by atoms with Gasteiger partial charge in [0, 0.05) is 19.2 Å². The van der Waals surface area contributed by atoms with Gasteiger partial charge in [0.2, 0.25) is 11.7 Å². The number of hydrogen-bond donors (Lipinski definition) is 0. The fourth-order valence-electron chi connectivity index (χ4n) is 3.94. The summed E-state index contributed by atoms with van der Waals surface area (Å²) in [4.78, 5) is 27.6. The maximum Gasteiger partial charge on any atom is 0.263 e. The van der Waals surface area contributed by atoms with E-state index in [1.54, 1.807) is 35.9 Å². The number of hydrogen-bond acceptors (Lipinski definition) is 5. The number of rotatable bonds is 7. The molecular formula is C26H22FN5O2S. The van der Waals surface area contributed by atoms with Gasteiger partial charge in [-0.25, -0.2) is 4.39 Å². The largest absolute Gasteiger partial charge is 0.341 e. The highest BCUT2D eigenvalue weighted by Crippen LogP contribution is 2.22. The lowest BCUT2D eigenvalue weighted by Gasteiger charge is -2.17. The van der Waals surface area contributed by atoms with Gasteiger partial charge in [-0.05, 0) is 23.8 Å². The minimum atomic E-state index is -0.342. The van der Waals surface area contributed by atoms with Gasteiger partial charge in [-0.1, -0.05) is 72.4 Å². The van der Waals surface area contributed by atoms with Crippen LogP contribution in [0.2, 0.25) is 0 Å². The van der Waals surface area contributed by atoms with Gasteiger partial charge in [-0.15, -0.1) is 10.2 Å². The van der Waals surface area contributed by atoms with Crippen molar-refractivity contribution in [2.45, 2.75) is 18.2 Å². The third kappa shape index (κ3) is 4.54. The van der Waals surface area contributed by atoms with E-state index >= 15 is 0 Å². The van der Waals surface area contributed by atoms with Crippen LogP contribution >= 0.6 is 11.8 Å². The Morgan fingerprint density at radius 1 is 0.971 bits per heavy atom. The predicted molar refractivity (Wildman–Crippen MR) is 134 cm³/mol. The van der Waals surface area contributed by atoms with Crippen LogP contribution in [0.3, 0.4) is 0 Å². The van der Waals surface area contributed by atoms with Gasteiger partial charge in [0.05, 0.1) is 23.2 Å². The topological polar surface area (TPSA) is 72.5 Å². The van der Waals surface area contributed by atoms with Gasteiger partial charge in [-0.2, -0.15) is 0 Å². The van der Waals surface area contributed by atoms with Crippen LogP contribution in [0.4, 0.5) is 4.39 Å². The fraction of sp³-hybridized carbons (Fsp3) is 0.154. The van der Waals surface area contributed by atoms with Crippen molar-refractivity contribution in [3.8, 4) is 0 Å². The summed E-state index contributed by atoms with van der Waals surface area (Å²) in [6.07, 6.45) is 0. The summed E-state index contributed by atoms with van der Waals surface area (Å²) >= 11 is 1.23. The molecule has 0 saturated carbocycles. The number of thioether (sulfide) groups is 1. The zero-order chi connectivity index (χ0) is 24.4. The Kier molecular flexibility index (Phi) is 6.33. The molecule has 5 aromatic rings. The summed E-state index contributed by atoms with van der Waals surface area (Å²) in [5.74, 6) is -0.00651. The molecular weight excluding hydrogens is 465 g/mol. The lowest BCUT2D eigenvalue weighted by atomic mass is 10.2. The van der Waals surface area contributed by atoms with Crippen LogP contribution in [0.25, 0.3) is 16.7 Å². The van der Waals surface area contributed by atoms with Crippen LogP contribution in [0, 0.1) is 5.82 Å². The number of aromatic nitrogens is 4. The van der Waals surface area contributed by atoms with Crippen molar-refractivity contribution < 1.29 is 9.18 Å². The van der Waals surface area contributed by atoms with E-state index < -0.39 is 0 Å². The molecule has 35 heavy (non-hydrogen) atoms. The van der Waals surface area contributed by atoms with E-state index in [0.29, 0.717) is 33.9 Å². The second-order valence-electron chi connectivity index (χ2n) is 8.14. The van der Waals surface area contributed by atoms with Crippen LogP contribution in [-0.4, -0.2) is 42.8 Å². The van der Waals surface area contributed by atoms with Gasteiger partial charge in [0.25, 0.3) is 5.56 Å². The van der Waals surface area contributed by atoms with E-state index in [2.05, 4.69) is 10.2 Å². The second-order valence-corrected chi connectivity index (χ2v) is 9.08. The summed E-state index contributed by atoms with van der Waals surface area (Å²) in [5.41, 5.74) is 1.95. The first-order valence-corrected chi connectivity index (χ1v) is 12.0. The quantitative estimate of drug-likeness (QED) is 0.325. The van der Waals surface area contributed by atoms with Gasteiger partial charge in [-0.3, -0.25) is 18.6 Å². The molecule has 1 amide bonds. The number of nitrogens with zero attached hydrogens (tertiary/aromatic N) is 5. The number of para-hydroxylation sites is 1. The molecule has 7 nitrogen and oxygen atoms in total. The average molecular weight is 488 g/mol. The molecule has 176 valence electrons. The van der Waals surface area contributed by atoms with Crippen molar-refractivity contribution >= 4 is 34.3 Å². The van der Waals surface area contributed by atoms with Crippen molar-refractivity contribution in [1.82, 2.24) is 24.1 Å². The van der Waals surface area contributed by atoms with E-state index in [4.69, 9.17) is 0 Å². The lowest BCUT2D eigenvalue weighted by Crippen LogP contribution is -2.28. The predicted octanol–water partition coefficient (Wildman–Crippen LogP) is 3.98. The van der Waals surface area contributed by atoms with E-state index in [9.17, 15) is 14.0 Å². The van der Waals surface area contributed by atoms with Gasteiger partial charge in [0.1, 0.15) is 5.82 Å². The molecule has 0 N–H and O–H groups in total. The molecule has 0 atom stereocenters. The van der Waals surface area contributed by atoms with Gasteiger partial charge in [0.15, 0.2) is 5.16 Å². The summed E-state index contributed by atoms with van der Waals surface area (Å²) in [5, 5.41) is 9.66. The first-order chi connectivity index (χ1) is 17.0. The zero-order valence-electron chi connectivity index (χ0n) is 19.0. The molecule has 0 aliphatic heterocycles. The van der Waals surface area contributed by atoms with Crippen molar-refractivity contribution in [2.75, 3.05) is 12.8 Å². The van der Waals surface area contributed by atoms with Crippen molar-refractivity contribution in [1.29, 1.82) is 0 Å². The molecule has 0 bridgehead atoms. The van der Waals surface area contributed by atoms with E-state index in [1.807, 2.05) is 52.9 Å². The second kappa shape index (κ2) is 9.71. The third-order valence-electron chi connectivity index (χ3n) is 5.78. The smallest absolute Gasteiger partial charge is 0.263 e. The number of carbonyl (C=O) groups is 1. The van der Waals surface area contributed by atoms with Gasteiger partial charge < -0.3 is 4.90 Å². The molecule has 5 rings (SSSR count). The minimum absolute atomic E-state index is 0.0951. The molecule has 0 fully saturated rings. The maximum absolute atomic E-state index is 14.0. The first kappa shape index (κ1) is 22.8. The normalized spacial score (nSPS) is 11.3. The number of fused-ring (bicyclic) bond motifs is 3. The summed E-state index contributed by atoms with van der Waals surface area (Å²) < 4.78 is 17.4. The van der Waals surface area contributed by atoms with E-state index in [-0.39, 0.29) is 29.6 Å². The Hall–Kier alpha value is -3.98.